The second kappa shape index (κ2) is 9.92. The van der Waals surface area contributed by atoms with Gasteiger partial charge in [-0.1, -0.05) is 39.0 Å². The fourth-order valence-corrected chi connectivity index (χ4v) is 5.59. The molecule has 0 spiro atoms. The second-order valence-corrected chi connectivity index (χ2v) is 11.9. The molecule has 0 atom stereocenters. The molecule has 2 aromatic heterocycles. The minimum atomic E-state index is -3.40. The highest BCUT2D eigenvalue weighted by atomic mass is 32.2. The van der Waals surface area contributed by atoms with E-state index in [1.165, 1.54) is 5.56 Å². The molecule has 2 heterocycles. The van der Waals surface area contributed by atoms with Crippen LogP contribution in [0.15, 0.2) is 84.1 Å². The van der Waals surface area contributed by atoms with Crippen LogP contribution in [0.1, 0.15) is 31.9 Å². The fourth-order valence-electron chi connectivity index (χ4n) is 3.70. The predicted octanol–water partition coefficient (Wildman–Crippen LogP) is 5.94. The van der Waals surface area contributed by atoms with Gasteiger partial charge < -0.3 is 15.2 Å². The highest BCUT2D eigenvalue weighted by Gasteiger charge is 2.23. The summed E-state index contributed by atoms with van der Waals surface area (Å²) in [5, 5.41) is 6.49. The van der Waals surface area contributed by atoms with Crippen molar-refractivity contribution in [1.82, 2.24) is 14.5 Å². The quantitative estimate of drug-likeness (QED) is 0.318. The van der Waals surface area contributed by atoms with Crippen LogP contribution in [0.3, 0.4) is 0 Å². The molecule has 35 heavy (non-hydrogen) atoms. The Bertz CT molecular complexity index is 1390. The minimum Gasteiger partial charge on any atom is -0.350 e. The number of nitrogens with zero attached hydrogens (tertiary/aromatic N) is 3. The van der Waals surface area contributed by atoms with E-state index in [0.717, 1.165) is 17.8 Å². The average molecular weight is 490 g/mol. The van der Waals surface area contributed by atoms with E-state index in [-0.39, 0.29) is 11.2 Å². The molecule has 0 radical (unpaired) electrons. The van der Waals surface area contributed by atoms with Gasteiger partial charge in [-0.05, 0) is 60.4 Å². The summed E-state index contributed by atoms with van der Waals surface area (Å²) in [5.74, 6) is 1.14. The van der Waals surface area contributed by atoms with Gasteiger partial charge in [0.1, 0.15) is 5.82 Å². The first-order valence-electron chi connectivity index (χ1n) is 11.5. The zero-order chi connectivity index (χ0) is 25.1. The number of anilines is 4. The Morgan fingerprint density at radius 3 is 2.31 bits per heavy atom. The van der Waals surface area contributed by atoms with Crippen LogP contribution in [0.4, 0.5) is 23.1 Å². The van der Waals surface area contributed by atoms with Crippen LogP contribution in [0, 0.1) is 12.3 Å². The molecule has 7 nitrogen and oxygen atoms in total. The van der Waals surface area contributed by atoms with Crippen molar-refractivity contribution in [3.05, 3.63) is 90.4 Å². The Morgan fingerprint density at radius 1 is 0.914 bits per heavy atom. The molecule has 0 aliphatic heterocycles. The van der Waals surface area contributed by atoms with Crippen LogP contribution in [-0.2, 0) is 16.4 Å². The smallest absolute Gasteiger partial charge is 0.229 e. The van der Waals surface area contributed by atoms with E-state index in [4.69, 9.17) is 0 Å². The Morgan fingerprint density at radius 2 is 1.63 bits per heavy atom. The number of hydrogen-bond acceptors (Lipinski definition) is 6. The van der Waals surface area contributed by atoms with Crippen LogP contribution >= 0.6 is 0 Å². The molecule has 0 saturated heterocycles. The molecule has 2 aromatic carbocycles. The average Bonchev–Trinajstić information content (AvgIpc) is 3.29. The van der Waals surface area contributed by atoms with E-state index in [0.29, 0.717) is 22.3 Å². The van der Waals surface area contributed by atoms with Gasteiger partial charge in [0.25, 0.3) is 0 Å². The summed E-state index contributed by atoms with van der Waals surface area (Å²) in [6.07, 6.45) is 5.81. The normalized spacial score (nSPS) is 11.9. The third kappa shape index (κ3) is 6.70. The lowest BCUT2D eigenvalue weighted by molar-refractivity contribution is 0.462. The summed E-state index contributed by atoms with van der Waals surface area (Å²) >= 11 is 0. The highest BCUT2D eigenvalue weighted by Crippen LogP contribution is 2.26. The fraction of sp³-hybridized carbons (Fsp3) is 0.259. The summed E-state index contributed by atoms with van der Waals surface area (Å²) < 4.78 is 27.8. The zero-order valence-electron chi connectivity index (χ0n) is 20.5. The van der Waals surface area contributed by atoms with Gasteiger partial charge in [0.05, 0.1) is 10.6 Å². The zero-order valence-corrected chi connectivity index (χ0v) is 21.3. The van der Waals surface area contributed by atoms with Crippen LogP contribution in [0.25, 0.3) is 0 Å². The minimum absolute atomic E-state index is 0.0777. The van der Waals surface area contributed by atoms with E-state index in [1.807, 2.05) is 70.4 Å². The summed E-state index contributed by atoms with van der Waals surface area (Å²) in [6, 6.07) is 19.0. The SMILES string of the molecule is Cc1cnc(Nc2ccc(Cn3cccc3)cc2)nc1Nc1cccc(S(=O)(=O)CC(C)(C)C)c1. The Balaban J connectivity index is 1.48. The van der Waals surface area contributed by atoms with Crippen LogP contribution in [0.2, 0.25) is 0 Å². The van der Waals surface area contributed by atoms with Crippen molar-refractivity contribution >= 4 is 33.0 Å². The molecule has 0 saturated carbocycles. The van der Waals surface area contributed by atoms with Gasteiger partial charge in [-0.25, -0.2) is 13.4 Å². The van der Waals surface area contributed by atoms with E-state index in [1.54, 1.807) is 24.4 Å². The number of aromatic nitrogens is 3. The number of sulfone groups is 1. The van der Waals surface area contributed by atoms with E-state index < -0.39 is 9.84 Å². The van der Waals surface area contributed by atoms with Crippen molar-refractivity contribution in [2.75, 3.05) is 16.4 Å². The summed E-state index contributed by atoms with van der Waals surface area (Å²) in [4.78, 5) is 9.30. The maximum absolute atomic E-state index is 12.8. The van der Waals surface area contributed by atoms with Crippen molar-refractivity contribution < 1.29 is 8.42 Å². The lowest BCUT2D eigenvalue weighted by Gasteiger charge is -2.18. The maximum Gasteiger partial charge on any atom is 0.229 e. The van der Waals surface area contributed by atoms with Crippen molar-refractivity contribution in [3.63, 3.8) is 0 Å². The van der Waals surface area contributed by atoms with Crippen molar-refractivity contribution in [1.29, 1.82) is 0 Å². The Hall–Kier alpha value is -3.65. The molecular weight excluding hydrogens is 458 g/mol. The largest absolute Gasteiger partial charge is 0.350 e. The molecule has 0 amide bonds. The molecule has 0 unspecified atom stereocenters. The number of hydrogen-bond donors (Lipinski definition) is 2. The Kier molecular flexibility index (Phi) is 6.93. The van der Waals surface area contributed by atoms with Gasteiger partial charge in [0, 0.05) is 42.1 Å². The first-order valence-corrected chi connectivity index (χ1v) is 13.1. The molecule has 182 valence electrons. The molecule has 4 rings (SSSR count). The summed E-state index contributed by atoms with van der Waals surface area (Å²) in [7, 11) is -3.40. The van der Waals surface area contributed by atoms with Gasteiger partial charge in [0.2, 0.25) is 5.95 Å². The molecule has 2 N–H and O–H groups in total. The first-order chi connectivity index (χ1) is 16.6. The monoisotopic (exact) mass is 489 g/mol. The van der Waals surface area contributed by atoms with Gasteiger partial charge in [-0.3, -0.25) is 0 Å². The molecule has 0 bridgehead atoms. The molecule has 4 aromatic rings. The van der Waals surface area contributed by atoms with Gasteiger partial charge in [-0.2, -0.15) is 4.98 Å². The van der Waals surface area contributed by atoms with Crippen molar-refractivity contribution in [2.45, 2.75) is 39.1 Å². The number of rotatable bonds is 8. The second-order valence-electron chi connectivity index (χ2n) is 9.88. The van der Waals surface area contributed by atoms with Gasteiger partial charge >= 0.3 is 0 Å². The van der Waals surface area contributed by atoms with E-state index in [9.17, 15) is 8.42 Å². The molecule has 0 aliphatic rings. The van der Waals surface area contributed by atoms with Crippen molar-refractivity contribution in [2.24, 2.45) is 5.41 Å². The maximum atomic E-state index is 12.8. The molecule has 8 heteroatoms. The van der Waals surface area contributed by atoms with Crippen LogP contribution < -0.4 is 10.6 Å². The summed E-state index contributed by atoms with van der Waals surface area (Å²) in [5.41, 5.74) is 3.25. The third-order valence-corrected chi connectivity index (χ3v) is 7.51. The number of benzene rings is 2. The third-order valence-electron chi connectivity index (χ3n) is 5.29. The summed E-state index contributed by atoms with van der Waals surface area (Å²) in [6.45, 7) is 8.47. The first kappa shape index (κ1) is 24.5. The standard InChI is InChI=1S/C27H31N5O2S/c1-20-17-28-26(30-22-12-10-21(11-13-22)18-32-14-5-6-15-32)31-25(20)29-23-8-7-9-24(16-23)35(33,34)19-27(2,3)4/h5-17H,18-19H2,1-4H3,(H2,28,29,30,31). The molecule has 0 aliphatic carbocycles. The van der Waals surface area contributed by atoms with Crippen LogP contribution in [-0.4, -0.2) is 28.7 Å². The van der Waals surface area contributed by atoms with Crippen molar-refractivity contribution in [3.8, 4) is 0 Å². The molecular formula is C27H31N5O2S. The van der Waals surface area contributed by atoms with E-state index in [2.05, 4.69) is 37.3 Å². The van der Waals surface area contributed by atoms with E-state index >= 15 is 0 Å². The number of aryl methyl sites for hydroxylation is 1. The van der Waals surface area contributed by atoms with Gasteiger partial charge in [0.15, 0.2) is 9.84 Å². The lowest BCUT2D eigenvalue weighted by Crippen LogP contribution is -2.20. The lowest BCUT2D eigenvalue weighted by atomic mass is 10.0. The highest BCUT2D eigenvalue weighted by molar-refractivity contribution is 7.91. The Labute approximate surface area is 207 Å². The predicted molar refractivity (Wildman–Crippen MR) is 141 cm³/mol. The molecule has 0 fully saturated rings. The number of nitrogens with one attached hydrogen (secondary N) is 2. The van der Waals surface area contributed by atoms with Crippen LogP contribution in [0.5, 0.6) is 0 Å². The van der Waals surface area contributed by atoms with Gasteiger partial charge in [-0.15, -0.1) is 0 Å². The topological polar surface area (TPSA) is 88.9 Å².